The third-order valence-corrected chi connectivity index (χ3v) is 6.39. The predicted octanol–water partition coefficient (Wildman–Crippen LogP) is 0.269. The van der Waals surface area contributed by atoms with E-state index in [2.05, 4.69) is 17.6 Å². The van der Waals surface area contributed by atoms with Crippen molar-refractivity contribution in [3.05, 3.63) is 36.2 Å². The SMILES string of the molecule is CC[C@]12C=C(C(=O)OC)n3c4ccc(OC)cc4c4c(O)c[n+](c1c43)CCC2.[Cl-]. The topological polar surface area (TPSA) is 64.6 Å². The Morgan fingerprint density at radius 3 is 2.83 bits per heavy atom. The summed E-state index contributed by atoms with van der Waals surface area (Å²) in [7, 11) is 3.03. The minimum Gasteiger partial charge on any atom is -1.00 e. The van der Waals surface area contributed by atoms with Crippen LogP contribution in [0.25, 0.3) is 27.5 Å². The second-order valence-corrected chi connectivity index (χ2v) is 7.63. The zero-order valence-corrected chi connectivity index (χ0v) is 17.4. The van der Waals surface area contributed by atoms with Crippen molar-refractivity contribution in [2.24, 2.45) is 0 Å². The first-order valence-corrected chi connectivity index (χ1v) is 9.64. The number of methoxy groups -OCH3 is 2. The maximum atomic E-state index is 12.8. The molecule has 2 aromatic heterocycles. The highest BCUT2D eigenvalue weighted by Crippen LogP contribution is 2.49. The van der Waals surface area contributed by atoms with Crippen LogP contribution in [0.4, 0.5) is 0 Å². The molecule has 0 bridgehead atoms. The molecule has 0 spiro atoms. The maximum absolute atomic E-state index is 12.8. The van der Waals surface area contributed by atoms with E-state index in [0.717, 1.165) is 53.3 Å². The molecule has 0 radical (unpaired) electrons. The first-order valence-electron chi connectivity index (χ1n) is 9.64. The number of ether oxygens (including phenoxy) is 2. The summed E-state index contributed by atoms with van der Waals surface area (Å²) in [6.07, 6.45) is 6.75. The lowest BCUT2D eigenvalue weighted by molar-refractivity contribution is -0.712. The summed E-state index contributed by atoms with van der Waals surface area (Å²) in [5.41, 5.74) is 3.18. The van der Waals surface area contributed by atoms with Gasteiger partial charge in [-0.05, 0) is 37.1 Å². The minimum atomic E-state index is -0.367. The second kappa shape index (κ2) is 6.66. The normalized spacial score (nSPS) is 19.6. The molecule has 2 aliphatic heterocycles. The number of hydrogen-bond acceptors (Lipinski definition) is 4. The third-order valence-electron chi connectivity index (χ3n) is 6.39. The molecule has 1 aromatic carbocycles. The Bertz CT molecular complexity index is 1200. The average molecular weight is 415 g/mol. The van der Waals surface area contributed by atoms with Gasteiger partial charge in [0.25, 0.3) is 0 Å². The van der Waals surface area contributed by atoms with Gasteiger partial charge in [0, 0.05) is 11.8 Å². The highest BCUT2D eigenvalue weighted by Gasteiger charge is 2.47. The quantitative estimate of drug-likeness (QED) is 0.493. The molecule has 0 unspecified atom stereocenters. The van der Waals surface area contributed by atoms with Crippen LogP contribution in [0, 0.1) is 0 Å². The van der Waals surface area contributed by atoms with E-state index < -0.39 is 0 Å². The lowest BCUT2D eigenvalue weighted by atomic mass is 9.72. The molecule has 1 atom stereocenters. The van der Waals surface area contributed by atoms with Gasteiger partial charge < -0.3 is 27.0 Å². The molecule has 0 amide bonds. The van der Waals surface area contributed by atoms with Gasteiger partial charge in [-0.3, -0.25) is 4.57 Å². The van der Waals surface area contributed by atoms with Gasteiger partial charge in [-0.25, -0.2) is 4.79 Å². The van der Waals surface area contributed by atoms with E-state index >= 15 is 0 Å². The maximum Gasteiger partial charge on any atom is 0.354 e. The minimum absolute atomic E-state index is 0. The fourth-order valence-electron chi connectivity index (χ4n) is 5.09. The van der Waals surface area contributed by atoms with E-state index in [4.69, 9.17) is 9.47 Å². The van der Waals surface area contributed by atoms with E-state index in [1.807, 2.05) is 29.0 Å². The molecule has 5 rings (SSSR count). The first-order chi connectivity index (χ1) is 13.5. The van der Waals surface area contributed by atoms with Crippen molar-refractivity contribution < 1.29 is 36.3 Å². The number of pyridine rings is 1. The number of aryl methyl sites for hydroxylation is 1. The number of halogens is 1. The second-order valence-electron chi connectivity index (χ2n) is 7.63. The zero-order valence-electron chi connectivity index (χ0n) is 16.7. The predicted molar refractivity (Wildman–Crippen MR) is 105 cm³/mol. The summed E-state index contributed by atoms with van der Waals surface area (Å²) >= 11 is 0. The van der Waals surface area contributed by atoms with Gasteiger partial charge in [0.1, 0.15) is 23.5 Å². The Morgan fingerprint density at radius 2 is 2.14 bits per heavy atom. The molecule has 0 aliphatic carbocycles. The Kier molecular flexibility index (Phi) is 4.50. The van der Waals surface area contributed by atoms with E-state index in [0.29, 0.717) is 11.4 Å². The Labute approximate surface area is 174 Å². The average Bonchev–Trinajstić information content (AvgIpc) is 3.07. The summed E-state index contributed by atoms with van der Waals surface area (Å²) in [5, 5.41) is 12.6. The fraction of sp³-hybridized carbons (Fsp3) is 0.364. The summed E-state index contributed by atoms with van der Waals surface area (Å²) in [5.74, 6) is 0.559. The molecule has 0 saturated heterocycles. The van der Waals surface area contributed by atoms with Crippen molar-refractivity contribution in [1.29, 1.82) is 0 Å². The molecule has 29 heavy (non-hydrogen) atoms. The number of allylic oxidation sites excluding steroid dienone is 1. The van der Waals surface area contributed by atoms with Crippen molar-refractivity contribution in [3.8, 4) is 11.5 Å². The molecular formula is C22H23ClN2O4. The van der Waals surface area contributed by atoms with Crippen molar-refractivity contribution in [2.45, 2.75) is 38.1 Å². The van der Waals surface area contributed by atoms with E-state index in [1.165, 1.54) is 7.11 Å². The van der Waals surface area contributed by atoms with Crippen LogP contribution in [0.15, 0.2) is 30.5 Å². The zero-order chi connectivity index (χ0) is 19.6. The van der Waals surface area contributed by atoms with E-state index in [9.17, 15) is 9.90 Å². The third kappa shape index (κ3) is 2.42. The molecule has 0 fully saturated rings. The Balaban J connectivity index is 0.00000205. The molecule has 2 aliphatic rings. The van der Waals surface area contributed by atoms with Crippen LogP contribution >= 0.6 is 0 Å². The number of esters is 1. The number of carbonyl (C=O) groups is 1. The van der Waals surface area contributed by atoms with Crippen molar-refractivity contribution in [2.75, 3.05) is 14.2 Å². The first kappa shape index (κ1) is 19.6. The van der Waals surface area contributed by atoms with Crippen LogP contribution < -0.4 is 21.7 Å². The number of aromatic nitrogens is 2. The van der Waals surface area contributed by atoms with E-state index in [-0.39, 0.29) is 29.5 Å². The molecule has 152 valence electrons. The number of carbonyl (C=O) groups excluding carboxylic acids is 1. The van der Waals surface area contributed by atoms with Gasteiger partial charge in [0.15, 0.2) is 5.75 Å². The number of aromatic hydroxyl groups is 1. The smallest absolute Gasteiger partial charge is 0.354 e. The molecular weight excluding hydrogens is 392 g/mol. The number of rotatable bonds is 3. The fourth-order valence-corrected chi connectivity index (χ4v) is 5.09. The number of fused-ring (bicyclic) bond motifs is 3. The van der Waals surface area contributed by atoms with Crippen LogP contribution in [0.3, 0.4) is 0 Å². The molecule has 3 aromatic rings. The standard InChI is InChI=1S/C22H22N2O4.ClH/c1-4-22-8-5-9-23-12-17(25)18-14-10-13(27-2)6-7-15(14)24(19(18)20(22)23)16(11-22)21(26)28-3;/h6-7,10-12H,4-5,8-9H2,1-3H3;1H/t22-;/m0./s1. The number of hydrogen-bond donors (Lipinski definition) is 1. The highest BCUT2D eigenvalue weighted by atomic mass is 35.5. The van der Waals surface area contributed by atoms with Gasteiger partial charge in [0.05, 0.1) is 30.5 Å². The van der Waals surface area contributed by atoms with Crippen LogP contribution in [0.1, 0.15) is 31.9 Å². The van der Waals surface area contributed by atoms with Gasteiger partial charge in [0.2, 0.25) is 11.9 Å². The Morgan fingerprint density at radius 1 is 1.34 bits per heavy atom. The molecule has 4 heterocycles. The van der Waals surface area contributed by atoms with Gasteiger partial charge >= 0.3 is 5.97 Å². The van der Waals surface area contributed by atoms with Crippen LogP contribution in [0.5, 0.6) is 11.5 Å². The van der Waals surface area contributed by atoms with Crippen LogP contribution in [-0.4, -0.2) is 29.9 Å². The van der Waals surface area contributed by atoms with Crippen molar-refractivity contribution in [3.63, 3.8) is 0 Å². The summed E-state index contributed by atoms with van der Waals surface area (Å²) in [6, 6.07) is 5.72. The summed E-state index contributed by atoms with van der Waals surface area (Å²) < 4.78 is 14.6. The molecule has 0 saturated carbocycles. The molecule has 1 N–H and O–H groups in total. The van der Waals surface area contributed by atoms with E-state index in [1.54, 1.807) is 7.11 Å². The van der Waals surface area contributed by atoms with Crippen LogP contribution in [-0.2, 0) is 21.5 Å². The summed E-state index contributed by atoms with van der Waals surface area (Å²) in [6.45, 7) is 3.01. The lowest BCUT2D eigenvalue weighted by Gasteiger charge is -2.35. The Hall–Kier alpha value is -2.73. The van der Waals surface area contributed by atoms with Crippen molar-refractivity contribution >= 4 is 33.5 Å². The van der Waals surface area contributed by atoms with Gasteiger partial charge in [-0.15, -0.1) is 0 Å². The van der Waals surface area contributed by atoms with Crippen molar-refractivity contribution in [1.82, 2.24) is 4.57 Å². The summed E-state index contributed by atoms with van der Waals surface area (Å²) in [4.78, 5) is 12.8. The molecule has 6 nitrogen and oxygen atoms in total. The van der Waals surface area contributed by atoms with Gasteiger partial charge in [-0.1, -0.05) is 6.92 Å². The number of benzene rings is 1. The highest BCUT2D eigenvalue weighted by molar-refractivity contribution is 6.21. The van der Waals surface area contributed by atoms with Gasteiger partial charge in [-0.2, -0.15) is 4.57 Å². The monoisotopic (exact) mass is 414 g/mol. The number of nitrogens with zero attached hydrogens (tertiary/aromatic N) is 2. The lowest BCUT2D eigenvalue weighted by Crippen LogP contribution is -3.00. The largest absolute Gasteiger partial charge is 1.00 e. The molecule has 7 heteroatoms. The van der Waals surface area contributed by atoms with Crippen LogP contribution in [0.2, 0.25) is 0 Å².